The average Bonchev–Trinajstić information content (AvgIpc) is 2.95. The lowest BCUT2D eigenvalue weighted by Gasteiger charge is -2.20. The van der Waals surface area contributed by atoms with E-state index in [1.807, 2.05) is 0 Å². The third-order valence-electron chi connectivity index (χ3n) is 2.84. The zero-order valence-electron chi connectivity index (χ0n) is 10.9. The lowest BCUT2D eigenvalue weighted by Crippen LogP contribution is -2.30. The fourth-order valence-corrected chi connectivity index (χ4v) is 1.87. The van der Waals surface area contributed by atoms with Gasteiger partial charge in [-0.1, -0.05) is 0 Å². The average molecular weight is 297 g/mol. The van der Waals surface area contributed by atoms with E-state index in [4.69, 9.17) is 9.47 Å². The van der Waals surface area contributed by atoms with Crippen molar-refractivity contribution in [3.8, 4) is 0 Å². The third kappa shape index (κ3) is 3.19. The number of ether oxygens (including phenoxy) is 4. The molecule has 1 aliphatic heterocycles. The van der Waals surface area contributed by atoms with Gasteiger partial charge in [0.05, 0.1) is 12.0 Å². The Morgan fingerprint density at radius 1 is 1.38 bits per heavy atom. The van der Waals surface area contributed by atoms with E-state index in [0.717, 1.165) is 19.3 Å². The van der Waals surface area contributed by atoms with E-state index >= 15 is 0 Å². The highest BCUT2D eigenvalue weighted by molar-refractivity contribution is 5.99. The Kier molecular flexibility index (Phi) is 4.21. The van der Waals surface area contributed by atoms with E-state index in [0.29, 0.717) is 0 Å². The van der Waals surface area contributed by atoms with Crippen LogP contribution < -0.4 is 0 Å². The summed E-state index contributed by atoms with van der Waals surface area (Å²) in [5.41, 5.74) is -0.323. The van der Waals surface area contributed by atoms with Gasteiger partial charge in [0.15, 0.2) is 5.76 Å². The standard InChI is InChI=1S/C12H11NO8/c1-18-12(15)21-9-3-2-8(13(16)17)7(11(9)14)6-10-19-4-5-20-10/h2-5,7,10H,6H2,1H3. The number of ketones is 1. The third-order valence-corrected chi connectivity index (χ3v) is 2.84. The van der Waals surface area contributed by atoms with Gasteiger partial charge in [-0.05, 0) is 6.08 Å². The molecular weight excluding hydrogens is 286 g/mol. The highest BCUT2D eigenvalue weighted by Crippen LogP contribution is 2.29. The molecule has 1 atom stereocenters. The van der Waals surface area contributed by atoms with Crippen LogP contribution in [0, 0.1) is 16.0 Å². The number of allylic oxidation sites excluding steroid dienone is 4. The van der Waals surface area contributed by atoms with Gasteiger partial charge in [-0.2, -0.15) is 0 Å². The number of carbonyl (C=O) groups excluding carboxylic acids is 2. The molecule has 2 aliphatic rings. The maximum Gasteiger partial charge on any atom is 0.513 e. The van der Waals surface area contributed by atoms with Gasteiger partial charge in [0.2, 0.25) is 12.1 Å². The van der Waals surface area contributed by atoms with Gasteiger partial charge in [0.1, 0.15) is 18.4 Å². The van der Waals surface area contributed by atoms with Crippen molar-refractivity contribution in [1.82, 2.24) is 0 Å². The fraction of sp³-hybridized carbons (Fsp3) is 0.333. The van der Waals surface area contributed by atoms with E-state index in [1.54, 1.807) is 0 Å². The summed E-state index contributed by atoms with van der Waals surface area (Å²) in [6.07, 6.45) is 2.74. The molecule has 21 heavy (non-hydrogen) atoms. The molecule has 1 heterocycles. The predicted octanol–water partition coefficient (Wildman–Crippen LogP) is 1.25. The lowest BCUT2D eigenvalue weighted by atomic mass is 9.91. The Morgan fingerprint density at radius 3 is 2.62 bits per heavy atom. The van der Waals surface area contributed by atoms with Crippen molar-refractivity contribution in [1.29, 1.82) is 0 Å². The molecule has 9 heteroatoms. The van der Waals surface area contributed by atoms with Crippen LogP contribution in [0.5, 0.6) is 0 Å². The summed E-state index contributed by atoms with van der Waals surface area (Å²) in [7, 11) is 1.08. The maximum absolute atomic E-state index is 12.2. The van der Waals surface area contributed by atoms with E-state index in [2.05, 4.69) is 9.47 Å². The Balaban J connectivity index is 2.18. The number of rotatable bonds is 4. The summed E-state index contributed by atoms with van der Waals surface area (Å²) in [5, 5.41) is 11.0. The molecule has 1 aliphatic carbocycles. The molecule has 0 spiro atoms. The summed E-state index contributed by atoms with van der Waals surface area (Å²) in [6.45, 7) is 0. The molecule has 0 aromatic carbocycles. The van der Waals surface area contributed by atoms with Gasteiger partial charge >= 0.3 is 6.16 Å². The van der Waals surface area contributed by atoms with Crippen molar-refractivity contribution in [3.63, 3.8) is 0 Å². The van der Waals surface area contributed by atoms with Crippen molar-refractivity contribution in [2.75, 3.05) is 7.11 Å². The molecule has 112 valence electrons. The number of hydrogen-bond acceptors (Lipinski definition) is 8. The maximum atomic E-state index is 12.2. The first-order valence-electron chi connectivity index (χ1n) is 5.85. The summed E-state index contributed by atoms with van der Waals surface area (Å²) in [4.78, 5) is 33.6. The fourth-order valence-electron chi connectivity index (χ4n) is 1.87. The van der Waals surface area contributed by atoms with Gasteiger partial charge in [0, 0.05) is 12.5 Å². The minimum atomic E-state index is -1.14. The number of hydrogen-bond donors (Lipinski definition) is 0. The normalized spacial score (nSPS) is 21.0. The van der Waals surface area contributed by atoms with Crippen molar-refractivity contribution in [3.05, 3.63) is 46.2 Å². The predicted molar refractivity (Wildman–Crippen MR) is 64.9 cm³/mol. The quantitative estimate of drug-likeness (QED) is 0.432. The molecular formula is C12H11NO8. The van der Waals surface area contributed by atoms with E-state index < -0.39 is 29.1 Å². The second-order valence-electron chi connectivity index (χ2n) is 4.06. The first kappa shape index (κ1) is 14.6. The molecule has 2 rings (SSSR count). The number of methoxy groups -OCH3 is 1. The van der Waals surface area contributed by atoms with Gasteiger partial charge in [-0.3, -0.25) is 14.9 Å². The van der Waals surface area contributed by atoms with Gasteiger partial charge in [-0.15, -0.1) is 0 Å². The smallest absolute Gasteiger partial charge is 0.459 e. The van der Waals surface area contributed by atoms with Crippen molar-refractivity contribution in [2.45, 2.75) is 12.7 Å². The number of Topliss-reactive ketones (excluding diaryl/α,β-unsaturated/α-hetero) is 1. The molecule has 0 N–H and O–H groups in total. The topological polar surface area (TPSA) is 114 Å². The van der Waals surface area contributed by atoms with Gasteiger partial charge < -0.3 is 18.9 Å². The molecule has 0 saturated heterocycles. The zero-order chi connectivity index (χ0) is 15.4. The van der Waals surface area contributed by atoms with E-state index in [1.165, 1.54) is 12.5 Å². The Labute approximate surface area is 118 Å². The molecule has 0 aromatic rings. The van der Waals surface area contributed by atoms with Crippen LogP contribution in [0.3, 0.4) is 0 Å². The second kappa shape index (κ2) is 6.07. The van der Waals surface area contributed by atoms with Crippen LogP contribution in [0.1, 0.15) is 6.42 Å². The van der Waals surface area contributed by atoms with Crippen LogP contribution in [0.25, 0.3) is 0 Å². The highest BCUT2D eigenvalue weighted by atomic mass is 16.7. The van der Waals surface area contributed by atoms with Crippen LogP contribution in [0.2, 0.25) is 0 Å². The monoisotopic (exact) mass is 297 g/mol. The minimum Gasteiger partial charge on any atom is -0.459 e. The number of carbonyl (C=O) groups is 2. The first-order valence-corrected chi connectivity index (χ1v) is 5.85. The molecule has 0 fully saturated rings. The SMILES string of the molecule is COC(=O)OC1=CC=C([N+](=O)[O-])C(CC2OC=CO2)C1=O. The van der Waals surface area contributed by atoms with E-state index in [-0.39, 0.29) is 17.9 Å². The molecule has 0 radical (unpaired) electrons. The largest absolute Gasteiger partial charge is 0.513 e. The van der Waals surface area contributed by atoms with Crippen LogP contribution in [-0.4, -0.2) is 30.3 Å². The van der Waals surface area contributed by atoms with Crippen LogP contribution in [0.4, 0.5) is 4.79 Å². The van der Waals surface area contributed by atoms with Crippen LogP contribution in [0.15, 0.2) is 36.1 Å². The summed E-state index contributed by atoms with van der Waals surface area (Å²) >= 11 is 0. The Morgan fingerprint density at radius 2 is 2.05 bits per heavy atom. The van der Waals surface area contributed by atoms with Crippen molar-refractivity contribution in [2.24, 2.45) is 5.92 Å². The molecule has 0 amide bonds. The van der Waals surface area contributed by atoms with Crippen molar-refractivity contribution < 1.29 is 33.5 Å². The van der Waals surface area contributed by atoms with Crippen LogP contribution in [-0.2, 0) is 23.7 Å². The van der Waals surface area contributed by atoms with Gasteiger partial charge in [0.25, 0.3) is 5.70 Å². The van der Waals surface area contributed by atoms with Crippen LogP contribution >= 0.6 is 0 Å². The molecule has 0 bridgehead atoms. The Hall–Kier alpha value is -2.84. The summed E-state index contributed by atoms with van der Waals surface area (Å²) in [6, 6.07) is 0. The number of nitro groups is 1. The first-order chi connectivity index (χ1) is 10.0. The Bertz CT molecular complexity index is 554. The number of nitrogens with zero attached hydrogens (tertiary/aromatic N) is 1. The minimum absolute atomic E-state index is 0.0828. The molecule has 0 saturated carbocycles. The van der Waals surface area contributed by atoms with Gasteiger partial charge in [-0.25, -0.2) is 4.79 Å². The summed E-state index contributed by atoms with van der Waals surface area (Å²) < 4.78 is 19.0. The second-order valence-corrected chi connectivity index (χ2v) is 4.06. The van der Waals surface area contributed by atoms with E-state index in [9.17, 15) is 19.7 Å². The summed E-state index contributed by atoms with van der Waals surface area (Å²) in [5.74, 6) is -2.19. The lowest BCUT2D eigenvalue weighted by molar-refractivity contribution is -0.432. The zero-order valence-corrected chi connectivity index (χ0v) is 10.9. The van der Waals surface area contributed by atoms with Crippen molar-refractivity contribution >= 4 is 11.9 Å². The molecule has 0 aromatic heterocycles. The molecule has 1 unspecified atom stereocenters. The molecule has 9 nitrogen and oxygen atoms in total. The highest BCUT2D eigenvalue weighted by Gasteiger charge is 2.40.